The number of aryl methyl sites for hydroxylation is 3. The molecule has 2 aromatic rings. The van der Waals surface area contributed by atoms with Gasteiger partial charge in [-0.2, -0.15) is 4.31 Å². The number of nitrogens with one attached hydrogen (secondary N) is 1. The van der Waals surface area contributed by atoms with E-state index in [1.807, 2.05) is 32.0 Å². The molecule has 152 valence electrons. The molecule has 2 rings (SSSR count). The second-order valence-electron chi connectivity index (χ2n) is 6.68. The van der Waals surface area contributed by atoms with Gasteiger partial charge in [0, 0.05) is 18.8 Å². The molecule has 0 aliphatic rings. The molecule has 1 amide bonds. The summed E-state index contributed by atoms with van der Waals surface area (Å²) in [6.45, 7) is 9.83. The first-order chi connectivity index (χ1) is 13.2. The van der Waals surface area contributed by atoms with Crippen LogP contribution in [0.25, 0.3) is 0 Å². The number of nitrogens with zero attached hydrogens (tertiary/aromatic N) is 1. The molecule has 0 aromatic heterocycles. The second-order valence-corrected chi connectivity index (χ2v) is 8.58. The van der Waals surface area contributed by atoms with Gasteiger partial charge in [0.1, 0.15) is 5.75 Å². The van der Waals surface area contributed by atoms with E-state index in [1.165, 1.54) is 10.4 Å². The van der Waals surface area contributed by atoms with E-state index in [0.717, 1.165) is 11.1 Å². The van der Waals surface area contributed by atoms with Gasteiger partial charge in [0.2, 0.25) is 10.0 Å². The Hall–Kier alpha value is -2.38. The minimum absolute atomic E-state index is 0.156. The zero-order valence-electron chi connectivity index (χ0n) is 17.1. The van der Waals surface area contributed by atoms with E-state index in [0.29, 0.717) is 30.1 Å². The number of sulfonamides is 1. The Kier molecular flexibility index (Phi) is 7.21. The number of amides is 1. The van der Waals surface area contributed by atoms with Crippen LogP contribution in [-0.4, -0.2) is 38.3 Å². The van der Waals surface area contributed by atoms with Gasteiger partial charge in [-0.1, -0.05) is 32.0 Å². The summed E-state index contributed by atoms with van der Waals surface area (Å²) in [7, 11) is -3.61. The lowest BCUT2D eigenvalue weighted by molar-refractivity contribution is -0.118. The smallest absolute Gasteiger partial charge is 0.262 e. The van der Waals surface area contributed by atoms with Crippen molar-refractivity contribution in [3.8, 4) is 5.75 Å². The van der Waals surface area contributed by atoms with Crippen molar-refractivity contribution in [1.82, 2.24) is 4.31 Å². The molecule has 2 aromatic carbocycles. The number of carbonyl (C=O) groups excluding carboxylic acids is 1. The van der Waals surface area contributed by atoms with Crippen molar-refractivity contribution < 1.29 is 17.9 Å². The Bertz CT molecular complexity index is 951. The quantitative estimate of drug-likeness (QED) is 0.728. The molecule has 6 nitrogen and oxygen atoms in total. The molecule has 0 aliphatic carbocycles. The van der Waals surface area contributed by atoms with Gasteiger partial charge < -0.3 is 10.1 Å². The third kappa shape index (κ3) is 5.11. The van der Waals surface area contributed by atoms with Crippen LogP contribution in [0.2, 0.25) is 0 Å². The standard InChI is InChI=1S/C21H28N2O4S/c1-6-23(7-2)28(25,26)20-13-18(11-10-17(20)5)22-21(24)14-27-19-12-15(3)8-9-16(19)4/h8-13H,6-7,14H2,1-5H3,(H,22,24). The molecule has 0 fully saturated rings. The van der Waals surface area contributed by atoms with E-state index in [9.17, 15) is 13.2 Å². The van der Waals surface area contributed by atoms with E-state index < -0.39 is 10.0 Å². The summed E-state index contributed by atoms with van der Waals surface area (Å²) in [5, 5.41) is 2.71. The van der Waals surface area contributed by atoms with Crippen molar-refractivity contribution in [1.29, 1.82) is 0 Å². The molecule has 0 bridgehead atoms. The molecular formula is C21H28N2O4S. The maximum absolute atomic E-state index is 12.8. The van der Waals surface area contributed by atoms with E-state index >= 15 is 0 Å². The third-order valence-electron chi connectivity index (χ3n) is 4.50. The Balaban J connectivity index is 2.14. The predicted octanol–water partition coefficient (Wildman–Crippen LogP) is 3.66. The number of carbonyl (C=O) groups is 1. The molecule has 0 saturated carbocycles. The summed E-state index contributed by atoms with van der Waals surface area (Å²) in [5.41, 5.74) is 3.05. The van der Waals surface area contributed by atoms with Crippen LogP contribution in [0.5, 0.6) is 5.75 Å². The maximum atomic E-state index is 12.8. The Morgan fingerprint density at radius 1 is 1.00 bits per heavy atom. The predicted molar refractivity (Wildman–Crippen MR) is 111 cm³/mol. The largest absolute Gasteiger partial charge is 0.483 e. The SMILES string of the molecule is CCN(CC)S(=O)(=O)c1cc(NC(=O)COc2cc(C)ccc2C)ccc1C. The van der Waals surface area contributed by atoms with Gasteiger partial charge in [0.15, 0.2) is 6.61 Å². The van der Waals surface area contributed by atoms with Crippen LogP contribution in [0.4, 0.5) is 5.69 Å². The van der Waals surface area contributed by atoms with E-state index in [4.69, 9.17) is 4.74 Å². The number of ether oxygens (including phenoxy) is 1. The Labute approximate surface area is 167 Å². The van der Waals surface area contributed by atoms with Gasteiger partial charge in [-0.05, 0) is 55.7 Å². The maximum Gasteiger partial charge on any atom is 0.262 e. The van der Waals surface area contributed by atoms with E-state index in [1.54, 1.807) is 32.9 Å². The summed E-state index contributed by atoms with van der Waals surface area (Å²) in [4.78, 5) is 12.5. The van der Waals surface area contributed by atoms with Gasteiger partial charge >= 0.3 is 0 Å². The first-order valence-corrected chi connectivity index (χ1v) is 10.7. The van der Waals surface area contributed by atoms with Crippen LogP contribution in [-0.2, 0) is 14.8 Å². The monoisotopic (exact) mass is 404 g/mol. The van der Waals surface area contributed by atoms with E-state index in [-0.39, 0.29) is 17.4 Å². The summed E-state index contributed by atoms with van der Waals surface area (Å²) in [6.07, 6.45) is 0. The fraction of sp³-hybridized carbons (Fsp3) is 0.381. The van der Waals surface area contributed by atoms with Gasteiger partial charge in [0.25, 0.3) is 5.91 Å². The number of anilines is 1. The first-order valence-electron chi connectivity index (χ1n) is 9.29. The van der Waals surface area contributed by atoms with Gasteiger partial charge in [-0.15, -0.1) is 0 Å². The van der Waals surface area contributed by atoms with Crippen molar-refractivity contribution in [2.45, 2.75) is 39.5 Å². The van der Waals surface area contributed by atoms with E-state index in [2.05, 4.69) is 5.32 Å². The molecule has 0 saturated heterocycles. The van der Waals surface area contributed by atoms with Gasteiger partial charge in [-0.3, -0.25) is 4.79 Å². The molecule has 7 heteroatoms. The number of hydrogen-bond donors (Lipinski definition) is 1. The lowest BCUT2D eigenvalue weighted by Crippen LogP contribution is -2.31. The van der Waals surface area contributed by atoms with Crippen molar-refractivity contribution in [2.24, 2.45) is 0 Å². The Morgan fingerprint density at radius 3 is 2.29 bits per heavy atom. The number of rotatable bonds is 8. The highest BCUT2D eigenvalue weighted by Crippen LogP contribution is 2.24. The van der Waals surface area contributed by atoms with Crippen LogP contribution in [0.15, 0.2) is 41.3 Å². The third-order valence-corrected chi connectivity index (χ3v) is 6.69. The highest BCUT2D eigenvalue weighted by atomic mass is 32.2. The molecule has 0 atom stereocenters. The summed E-state index contributed by atoms with van der Waals surface area (Å²) >= 11 is 0. The lowest BCUT2D eigenvalue weighted by atomic mass is 10.1. The van der Waals surface area contributed by atoms with Gasteiger partial charge in [0.05, 0.1) is 4.90 Å². The zero-order valence-corrected chi connectivity index (χ0v) is 17.9. The molecular weight excluding hydrogens is 376 g/mol. The lowest BCUT2D eigenvalue weighted by Gasteiger charge is -2.20. The van der Waals surface area contributed by atoms with Crippen molar-refractivity contribution >= 4 is 21.6 Å². The molecule has 28 heavy (non-hydrogen) atoms. The first kappa shape index (κ1) is 21.9. The molecule has 0 unspecified atom stereocenters. The van der Waals surface area contributed by atoms with Crippen LogP contribution < -0.4 is 10.1 Å². The highest BCUT2D eigenvalue weighted by Gasteiger charge is 2.24. The van der Waals surface area contributed by atoms with Crippen LogP contribution in [0, 0.1) is 20.8 Å². The van der Waals surface area contributed by atoms with Crippen LogP contribution in [0.3, 0.4) is 0 Å². The molecule has 0 radical (unpaired) electrons. The minimum atomic E-state index is -3.61. The summed E-state index contributed by atoms with van der Waals surface area (Å²) in [6, 6.07) is 10.7. The normalized spacial score (nSPS) is 11.5. The topological polar surface area (TPSA) is 75.7 Å². The average Bonchev–Trinajstić information content (AvgIpc) is 2.64. The van der Waals surface area contributed by atoms with Gasteiger partial charge in [-0.25, -0.2) is 8.42 Å². The van der Waals surface area contributed by atoms with Crippen molar-refractivity contribution in [3.63, 3.8) is 0 Å². The minimum Gasteiger partial charge on any atom is -0.483 e. The summed E-state index contributed by atoms with van der Waals surface area (Å²) in [5.74, 6) is 0.305. The zero-order chi connectivity index (χ0) is 20.9. The summed E-state index contributed by atoms with van der Waals surface area (Å²) < 4.78 is 32.6. The number of hydrogen-bond acceptors (Lipinski definition) is 4. The fourth-order valence-electron chi connectivity index (χ4n) is 2.86. The molecule has 0 heterocycles. The molecule has 0 spiro atoms. The fourth-order valence-corrected chi connectivity index (χ4v) is 4.57. The Morgan fingerprint density at radius 2 is 1.64 bits per heavy atom. The number of benzene rings is 2. The van der Waals surface area contributed by atoms with Crippen molar-refractivity contribution in [3.05, 3.63) is 53.1 Å². The van der Waals surface area contributed by atoms with Crippen molar-refractivity contribution in [2.75, 3.05) is 25.0 Å². The molecule has 0 aliphatic heterocycles. The van der Waals surface area contributed by atoms with Crippen LogP contribution >= 0.6 is 0 Å². The second kappa shape index (κ2) is 9.21. The van der Waals surface area contributed by atoms with Crippen LogP contribution in [0.1, 0.15) is 30.5 Å². The average molecular weight is 405 g/mol. The molecule has 1 N–H and O–H groups in total. The highest BCUT2D eigenvalue weighted by molar-refractivity contribution is 7.89.